The van der Waals surface area contributed by atoms with Crippen LogP contribution in [0.5, 0.6) is 11.5 Å². The number of fused-ring (bicyclic) bond motifs is 1. The summed E-state index contributed by atoms with van der Waals surface area (Å²) in [5.74, 6) is 1.21. The number of hydrogen-bond donors (Lipinski definition) is 0. The minimum Gasteiger partial charge on any atom is -0.497 e. The molecule has 31 heavy (non-hydrogen) atoms. The van der Waals surface area contributed by atoms with E-state index in [9.17, 15) is 4.79 Å². The van der Waals surface area contributed by atoms with E-state index in [1.54, 1.807) is 47.6 Å². The third-order valence-electron chi connectivity index (χ3n) is 5.07. The molecule has 0 aliphatic rings. The number of methoxy groups -OCH3 is 1. The first-order valence-electron chi connectivity index (χ1n) is 10.0. The Morgan fingerprint density at radius 2 is 1.61 bits per heavy atom. The first-order chi connectivity index (χ1) is 15.0. The van der Waals surface area contributed by atoms with Crippen LogP contribution in [0.25, 0.3) is 10.2 Å². The Hall–Kier alpha value is -3.38. The number of thiazole rings is 1. The molecular formula is C25H24N2O3S. The molecule has 0 aliphatic carbocycles. The van der Waals surface area contributed by atoms with Gasteiger partial charge in [-0.1, -0.05) is 53.8 Å². The van der Waals surface area contributed by atoms with E-state index in [0.29, 0.717) is 17.4 Å². The van der Waals surface area contributed by atoms with Crippen LogP contribution in [-0.2, 0) is 11.3 Å². The van der Waals surface area contributed by atoms with Gasteiger partial charge in [-0.25, -0.2) is 4.98 Å². The maximum Gasteiger partial charge on any atom is 0.267 e. The number of ether oxygens (including phenoxy) is 2. The summed E-state index contributed by atoms with van der Waals surface area (Å²) < 4.78 is 12.0. The van der Waals surface area contributed by atoms with Gasteiger partial charge in [-0.15, -0.1) is 0 Å². The van der Waals surface area contributed by atoms with Gasteiger partial charge >= 0.3 is 0 Å². The van der Waals surface area contributed by atoms with Gasteiger partial charge in [0.05, 0.1) is 23.9 Å². The zero-order chi connectivity index (χ0) is 21.8. The second-order valence-electron chi connectivity index (χ2n) is 7.30. The van der Waals surface area contributed by atoms with E-state index >= 15 is 0 Å². The van der Waals surface area contributed by atoms with Gasteiger partial charge in [0.15, 0.2) is 11.7 Å². The van der Waals surface area contributed by atoms with E-state index in [1.807, 2.05) is 37.3 Å². The lowest BCUT2D eigenvalue weighted by atomic mass is 10.1. The van der Waals surface area contributed by atoms with E-state index in [1.165, 1.54) is 0 Å². The predicted molar refractivity (Wildman–Crippen MR) is 125 cm³/mol. The molecule has 0 radical (unpaired) electrons. The van der Waals surface area contributed by atoms with Crippen LogP contribution in [0.1, 0.15) is 16.7 Å². The Bertz CT molecular complexity index is 1150. The smallest absolute Gasteiger partial charge is 0.267 e. The Balaban J connectivity index is 1.61. The van der Waals surface area contributed by atoms with Crippen molar-refractivity contribution in [1.29, 1.82) is 0 Å². The standard InChI is InChI=1S/C25H24N2O3S/c1-17-9-10-18(2)24-23(17)26-25(31-24)27(15-19-7-5-4-6-8-19)22(28)16-30-21-13-11-20(29-3)12-14-21/h4-14H,15-16H2,1-3H3. The summed E-state index contributed by atoms with van der Waals surface area (Å²) in [6.45, 7) is 4.47. The van der Waals surface area contributed by atoms with E-state index in [0.717, 1.165) is 32.7 Å². The Morgan fingerprint density at radius 1 is 0.935 bits per heavy atom. The maximum absolute atomic E-state index is 13.2. The number of aryl methyl sites for hydroxylation is 2. The molecule has 0 bridgehead atoms. The second kappa shape index (κ2) is 9.18. The Kier molecular flexibility index (Phi) is 6.18. The summed E-state index contributed by atoms with van der Waals surface area (Å²) in [6, 6.07) is 21.3. The number of rotatable bonds is 7. The molecule has 0 aliphatic heterocycles. The molecule has 0 atom stereocenters. The Labute approximate surface area is 185 Å². The van der Waals surface area contributed by atoms with Crippen LogP contribution in [0.4, 0.5) is 5.13 Å². The topological polar surface area (TPSA) is 51.7 Å². The third kappa shape index (κ3) is 4.70. The zero-order valence-electron chi connectivity index (χ0n) is 17.8. The van der Waals surface area contributed by atoms with Gasteiger partial charge in [0.2, 0.25) is 0 Å². The van der Waals surface area contributed by atoms with E-state index in [4.69, 9.17) is 14.5 Å². The van der Waals surface area contributed by atoms with Crippen molar-refractivity contribution in [3.8, 4) is 11.5 Å². The van der Waals surface area contributed by atoms with Crippen molar-refractivity contribution in [2.24, 2.45) is 0 Å². The van der Waals surface area contributed by atoms with Crippen LogP contribution in [0.15, 0.2) is 66.7 Å². The molecule has 0 unspecified atom stereocenters. The van der Waals surface area contributed by atoms with Crippen LogP contribution in [0.3, 0.4) is 0 Å². The van der Waals surface area contributed by atoms with Crippen LogP contribution >= 0.6 is 11.3 Å². The fraction of sp³-hybridized carbons (Fsp3) is 0.200. The predicted octanol–water partition coefficient (Wildman–Crippen LogP) is 5.53. The highest BCUT2D eigenvalue weighted by Gasteiger charge is 2.22. The number of anilines is 1. The molecule has 1 amide bonds. The number of carbonyl (C=O) groups excluding carboxylic acids is 1. The van der Waals surface area contributed by atoms with Gasteiger partial charge in [0.1, 0.15) is 11.5 Å². The van der Waals surface area contributed by atoms with Crippen molar-refractivity contribution in [2.75, 3.05) is 18.6 Å². The molecule has 0 spiro atoms. The van der Waals surface area contributed by atoms with Crippen molar-refractivity contribution < 1.29 is 14.3 Å². The first-order valence-corrected chi connectivity index (χ1v) is 10.8. The summed E-state index contributed by atoms with van der Waals surface area (Å²) in [5.41, 5.74) is 4.24. The molecule has 6 heteroatoms. The van der Waals surface area contributed by atoms with Crippen molar-refractivity contribution >= 4 is 32.6 Å². The average molecular weight is 433 g/mol. The van der Waals surface area contributed by atoms with Crippen LogP contribution in [0, 0.1) is 13.8 Å². The lowest BCUT2D eigenvalue weighted by Crippen LogP contribution is -2.34. The minimum absolute atomic E-state index is 0.0763. The Morgan fingerprint density at radius 3 is 2.29 bits per heavy atom. The van der Waals surface area contributed by atoms with Gasteiger partial charge in [0.25, 0.3) is 5.91 Å². The lowest BCUT2D eigenvalue weighted by molar-refractivity contribution is -0.120. The number of nitrogens with zero attached hydrogens (tertiary/aromatic N) is 2. The molecule has 0 N–H and O–H groups in total. The molecule has 0 fully saturated rings. The van der Waals surface area contributed by atoms with Gasteiger partial charge in [-0.05, 0) is 54.8 Å². The molecule has 158 valence electrons. The fourth-order valence-corrected chi connectivity index (χ4v) is 4.42. The van der Waals surface area contributed by atoms with Gasteiger partial charge in [0, 0.05) is 0 Å². The molecule has 4 rings (SSSR count). The van der Waals surface area contributed by atoms with E-state index in [-0.39, 0.29) is 12.5 Å². The highest BCUT2D eigenvalue weighted by atomic mass is 32.1. The van der Waals surface area contributed by atoms with Crippen molar-refractivity contribution in [3.63, 3.8) is 0 Å². The van der Waals surface area contributed by atoms with Crippen molar-refractivity contribution in [1.82, 2.24) is 4.98 Å². The summed E-state index contributed by atoms with van der Waals surface area (Å²) in [6.07, 6.45) is 0. The molecule has 0 saturated heterocycles. The second-order valence-corrected chi connectivity index (χ2v) is 8.28. The summed E-state index contributed by atoms with van der Waals surface area (Å²) in [4.78, 5) is 19.8. The molecule has 4 aromatic rings. The number of benzene rings is 3. The summed E-state index contributed by atoms with van der Waals surface area (Å²) >= 11 is 1.54. The van der Waals surface area contributed by atoms with Gasteiger partial charge < -0.3 is 9.47 Å². The van der Waals surface area contributed by atoms with Crippen LogP contribution < -0.4 is 14.4 Å². The maximum atomic E-state index is 13.2. The first kappa shape index (κ1) is 20.9. The van der Waals surface area contributed by atoms with Crippen molar-refractivity contribution in [3.05, 3.63) is 83.4 Å². The molecule has 0 saturated carbocycles. The van der Waals surface area contributed by atoms with E-state index < -0.39 is 0 Å². The normalized spacial score (nSPS) is 10.8. The van der Waals surface area contributed by atoms with Crippen molar-refractivity contribution in [2.45, 2.75) is 20.4 Å². The lowest BCUT2D eigenvalue weighted by Gasteiger charge is -2.20. The molecule has 5 nitrogen and oxygen atoms in total. The molecule has 3 aromatic carbocycles. The molecular weight excluding hydrogens is 408 g/mol. The SMILES string of the molecule is COc1ccc(OCC(=O)N(Cc2ccccc2)c2nc3c(C)ccc(C)c3s2)cc1. The van der Waals surface area contributed by atoms with Crippen LogP contribution in [0.2, 0.25) is 0 Å². The fourth-order valence-electron chi connectivity index (χ4n) is 3.29. The largest absolute Gasteiger partial charge is 0.497 e. The minimum atomic E-state index is -0.144. The quantitative estimate of drug-likeness (QED) is 0.385. The number of amides is 1. The van der Waals surface area contributed by atoms with Gasteiger partial charge in [-0.2, -0.15) is 0 Å². The molecule has 1 heterocycles. The highest BCUT2D eigenvalue weighted by Crippen LogP contribution is 2.34. The summed E-state index contributed by atoms with van der Waals surface area (Å²) in [7, 11) is 1.61. The number of carbonyl (C=O) groups is 1. The highest BCUT2D eigenvalue weighted by molar-refractivity contribution is 7.22. The summed E-state index contributed by atoms with van der Waals surface area (Å²) in [5, 5.41) is 0.680. The zero-order valence-corrected chi connectivity index (χ0v) is 18.6. The number of hydrogen-bond acceptors (Lipinski definition) is 5. The monoisotopic (exact) mass is 432 g/mol. The van der Waals surface area contributed by atoms with Crippen LogP contribution in [-0.4, -0.2) is 24.6 Å². The molecule has 1 aromatic heterocycles. The van der Waals surface area contributed by atoms with Gasteiger partial charge in [-0.3, -0.25) is 9.69 Å². The number of aromatic nitrogens is 1. The average Bonchev–Trinajstić information content (AvgIpc) is 3.26. The van der Waals surface area contributed by atoms with E-state index in [2.05, 4.69) is 19.1 Å². The third-order valence-corrected chi connectivity index (χ3v) is 6.28.